The molecule has 0 fully saturated rings. The van der Waals surface area contributed by atoms with Gasteiger partial charge in [-0.25, -0.2) is 8.42 Å². The average Bonchev–Trinajstić information content (AvgIpc) is 2.78. The van der Waals surface area contributed by atoms with Gasteiger partial charge in [0.1, 0.15) is 5.75 Å². The maximum Gasteiger partial charge on any atom is 0.471 e. The molecule has 0 saturated heterocycles. The second-order valence-corrected chi connectivity index (χ2v) is 6.50. The molecule has 1 aromatic rings. The van der Waals surface area contributed by atoms with E-state index >= 15 is 0 Å². The molecular weight excluding hydrogens is 323 g/mol. The zero-order valence-electron chi connectivity index (χ0n) is 11.4. The Morgan fingerprint density at radius 1 is 1.32 bits per heavy atom. The third-order valence-electron chi connectivity index (χ3n) is 3.05. The van der Waals surface area contributed by atoms with Gasteiger partial charge in [0.05, 0.1) is 24.6 Å². The van der Waals surface area contributed by atoms with E-state index in [1.807, 2.05) is 0 Å². The van der Waals surface area contributed by atoms with Gasteiger partial charge in [-0.05, 0) is 18.2 Å². The standard InChI is InChI=1S/C13H12F3NO4S/c1-21-11-5-3-2-4-10(11)17(12(18)13(14,15)16)9-6-7-22(19,20)8-9/h2-7,9H,8H2,1H3/t9-/m1/s1. The van der Waals surface area contributed by atoms with Crippen molar-refractivity contribution in [2.24, 2.45) is 0 Å². The quantitative estimate of drug-likeness (QED) is 0.846. The Kier molecular flexibility index (Phi) is 4.19. The van der Waals surface area contributed by atoms with E-state index in [2.05, 4.69) is 0 Å². The van der Waals surface area contributed by atoms with Crippen LogP contribution in [0, 0.1) is 0 Å². The van der Waals surface area contributed by atoms with E-state index in [0.717, 1.165) is 11.5 Å². The number of benzene rings is 1. The van der Waals surface area contributed by atoms with Crippen molar-refractivity contribution in [2.75, 3.05) is 17.8 Å². The predicted molar refractivity (Wildman–Crippen MR) is 73.2 cm³/mol. The molecule has 9 heteroatoms. The highest BCUT2D eigenvalue weighted by Crippen LogP contribution is 2.34. The number of sulfone groups is 1. The van der Waals surface area contributed by atoms with Gasteiger partial charge < -0.3 is 4.74 Å². The Labute approximate surface area is 124 Å². The van der Waals surface area contributed by atoms with Gasteiger partial charge in [-0.2, -0.15) is 13.2 Å². The number of alkyl halides is 3. The van der Waals surface area contributed by atoms with Crippen molar-refractivity contribution < 1.29 is 31.1 Å². The molecule has 5 nitrogen and oxygen atoms in total. The maximum absolute atomic E-state index is 12.9. The Morgan fingerprint density at radius 3 is 2.45 bits per heavy atom. The minimum absolute atomic E-state index is 0.0396. The van der Waals surface area contributed by atoms with Gasteiger partial charge in [0.15, 0.2) is 9.84 Å². The Hall–Kier alpha value is -2.03. The first-order chi connectivity index (χ1) is 10.2. The summed E-state index contributed by atoms with van der Waals surface area (Å²) < 4.78 is 66.5. The first kappa shape index (κ1) is 16.3. The van der Waals surface area contributed by atoms with Crippen LogP contribution in [-0.4, -0.2) is 39.4 Å². The summed E-state index contributed by atoms with van der Waals surface area (Å²) in [4.78, 5) is 12.2. The second kappa shape index (κ2) is 5.64. The van der Waals surface area contributed by atoms with E-state index in [4.69, 9.17) is 4.74 Å². The molecule has 1 aliphatic heterocycles. The molecule has 1 aromatic carbocycles. The zero-order valence-corrected chi connectivity index (χ0v) is 12.2. The zero-order chi connectivity index (χ0) is 16.5. The molecular formula is C13H12F3NO4S. The number of hydrogen-bond donors (Lipinski definition) is 0. The fraction of sp³-hybridized carbons (Fsp3) is 0.308. The number of carbonyl (C=O) groups excluding carboxylic acids is 1. The van der Waals surface area contributed by atoms with Gasteiger partial charge in [-0.1, -0.05) is 12.1 Å². The van der Waals surface area contributed by atoms with Crippen LogP contribution in [0.2, 0.25) is 0 Å². The summed E-state index contributed by atoms with van der Waals surface area (Å²) in [5.74, 6) is -2.71. The SMILES string of the molecule is COc1ccccc1N(C(=O)C(F)(F)F)[C@@H]1C=CS(=O)(=O)C1. The number of rotatable bonds is 3. The maximum atomic E-state index is 12.9. The molecule has 0 aromatic heterocycles. The summed E-state index contributed by atoms with van der Waals surface area (Å²) in [6, 6.07) is 4.37. The van der Waals surface area contributed by atoms with E-state index in [1.165, 1.54) is 31.4 Å². The van der Waals surface area contributed by atoms with Crippen LogP contribution >= 0.6 is 0 Å². The molecule has 2 rings (SSSR count). The number of amides is 1. The van der Waals surface area contributed by atoms with Crippen LogP contribution in [0.3, 0.4) is 0 Å². The van der Waals surface area contributed by atoms with E-state index in [-0.39, 0.29) is 11.4 Å². The lowest BCUT2D eigenvalue weighted by Crippen LogP contribution is -2.48. The summed E-state index contributed by atoms with van der Waals surface area (Å²) in [7, 11) is -2.38. The van der Waals surface area contributed by atoms with Crippen LogP contribution in [-0.2, 0) is 14.6 Å². The Balaban J connectivity index is 2.52. The van der Waals surface area contributed by atoms with Crippen LogP contribution < -0.4 is 9.64 Å². The molecule has 0 spiro atoms. The van der Waals surface area contributed by atoms with Crippen molar-refractivity contribution in [2.45, 2.75) is 12.2 Å². The Bertz CT molecular complexity index is 712. The molecule has 0 unspecified atom stereocenters. The summed E-state index contributed by atoms with van der Waals surface area (Å²) >= 11 is 0. The molecule has 0 N–H and O–H groups in total. The molecule has 1 amide bonds. The first-order valence-corrected chi connectivity index (χ1v) is 7.81. The van der Waals surface area contributed by atoms with Crippen LogP contribution in [0.1, 0.15) is 0 Å². The van der Waals surface area contributed by atoms with Gasteiger partial charge in [-0.15, -0.1) is 0 Å². The summed E-state index contributed by atoms with van der Waals surface area (Å²) in [5, 5.41) is 0.809. The molecule has 0 aliphatic carbocycles. The molecule has 0 saturated carbocycles. The third-order valence-corrected chi connectivity index (χ3v) is 4.43. The van der Waals surface area contributed by atoms with Gasteiger partial charge in [-0.3, -0.25) is 9.69 Å². The van der Waals surface area contributed by atoms with Crippen LogP contribution in [0.4, 0.5) is 18.9 Å². The number of anilines is 1. The molecule has 22 heavy (non-hydrogen) atoms. The second-order valence-electron chi connectivity index (χ2n) is 4.57. The smallest absolute Gasteiger partial charge is 0.471 e. The van der Waals surface area contributed by atoms with E-state index in [9.17, 15) is 26.4 Å². The molecule has 1 heterocycles. The number of ether oxygens (including phenoxy) is 1. The van der Waals surface area contributed by atoms with Gasteiger partial charge >= 0.3 is 12.1 Å². The van der Waals surface area contributed by atoms with Gasteiger partial charge in [0, 0.05) is 5.41 Å². The minimum atomic E-state index is -5.14. The average molecular weight is 335 g/mol. The van der Waals surface area contributed by atoms with Gasteiger partial charge in [0.25, 0.3) is 0 Å². The molecule has 1 atom stereocenters. The highest BCUT2D eigenvalue weighted by molar-refractivity contribution is 7.94. The summed E-state index contributed by atoms with van der Waals surface area (Å²) in [6.07, 6.45) is -4.08. The minimum Gasteiger partial charge on any atom is -0.495 e. The molecule has 0 bridgehead atoms. The number of methoxy groups -OCH3 is 1. The van der Waals surface area contributed by atoms with Crippen molar-refractivity contribution in [3.8, 4) is 5.75 Å². The monoisotopic (exact) mass is 335 g/mol. The van der Waals surface area contributed by atoms with Crippen LogP contribution in [0.25, 0.3) is 0 Å². The lowest BCUT2D eigenvalue weighted by molar-refractivity contribution is -0.170. The number of hydrogen-bond acceptors (Lipinski definition) is 4. The number of nitrogens with zero attached hydrogens (tertiary/aromatic N) is 1. The fourth-order valence-electron chi connectivity index (χ4n) is 2.12. The highest BCUT2D eigenvalue weighted by Gasteiger charge is 2.47. The molecule has 0 radical (unpaired) electrons. The van der Waals surface area contributed by atoms with Crippen molar-refractivity contribution in [1.29, 1.82) is 0 Å². The Morgan fingerprint density at radius 2 is 1.95 bits per heavy atom. The molecule has 1 aliphatic rings. The summed E-state index contributed by atoms with van der Waals surface area (Å²) in [6.45, 7) is 0. The topological polar surface area (TPSA) is 63.7 Å². The van der Waals surface area contributed by atoms with E-state index in [1.54, 1.807) is 0 Å². The normalized spacial score (nSPS) is 19.9. The van der Waals surface area contributed by atoms with Crippen molar-refractivity contribution in [3.63, 3.8) is 0 Å². The lowest BCUT2D eigenvalue weighted by Gasteiger charge is -2.29. The van der Waals surface area contributed by atoms with Crippen LogP contribution in [0.15, 0.2) is 35.7 Å². The lowest BCUT2D eigenvalue weighted by atomic mass is 10.2. The summed E-state index contributed by atoms with van der Waals surface area (Å²) in [5.41, 5.74) is -0.140. The number of carbonyl (C=O) groups is 1. The highest BCUT2D eigenvalue weighted by atomic mass is 32.2. The van der Waals surface area contributed by atoms with Crippen molar-refractivity contribution in [1.82, 2.24) is 0 Å². The number of para-hydroxylation sites is 2. The number of halogens is 3. The predicted octanol–water partition coefficient (Wildman–Crippen LogP) is 1.90. The van der Waals surface area contributed by atoms with E-state index in [0.29, 0.717) is 4.90 Å². The van der Waals surface area contributed by atoms with E-state index < -0.39 is 33.7 Å². The van der Waals surface area contributed by atoms with Crippen LogP contribution in [0.5, 0.6) is 5.75 Å². The van der Waals surface area contributed by atoms with Gasteiger partial charge in [0.2, 0.25) is 0 Å². The fourth-order valence-corrected chi connectivity index (χ4v) is 3.39. The van der Waals surface area contributed by atoms with Crippen molar-refractivity contribution in [3.05, 3.63) is 35.7 Å². The van der Waals surface area contributed by atoms with Crippen molar-refractivity contribution >= 4 is 21.4 Å². The molecule has 120 valence electrons. The first-order valence-electron chi connectivity index (χ1n) is 6.10. The third kappa shape index (κ3) is 3.24. The largest absolute Gasteiger partial charge is 0.495 e.